The van der Waals surface area contributed by atoms with Gasteiger partial charge in [0.25, 0.3) is 0 Å². The van der Waals surface area contributed by atoms with Gasteiger partial charge in [-0.25, -0.2) is 4.39 Å². The Morgan fingerprint density at radius 3 is 2.76 bits per heavy atom. The van der Waals surface area contributed by atoms with Crippen LogP contribution >= 0.6 is 0 Å². The molecule has 6 nitrogen and oxygen atoms in total. The second-order valence-electron chi connectivity index (χ2n) is 8.02. The lowest BCUT2D eigenvalue weighted by Crippen LogP contribution is -2.65. The average molecular weight is 399 g/mol. The van der Waals surface area contributed by atoms with Crippen LogP contribution in [0.3, 0.4) is 0 Å². The van der Waals surface area contributed by atoms with Gasteiger partial charge in [0.2, 0.25) is 5.91 Å². The minimum atomic E-state index is -0.621. The zero-order valence-electron chi connectivity index (χ0n) is 16.6. The van der Waals surface area contributed by atoms with Gasteiger partial charge in [0.1, 0.15) is 5.75 Å². The summed E-state index contributed by atoms with van der Waals surface area (Å²) >= 11 is 0. The van der Waals surface area contributed by atoms with E-state index < -0.39 is 5.41 Å². The van der Waals surface area contributed by atoms with Gasteiger partial charge in [0.05, 0.1) is 30.5 Å². The van der Waals surface area contributed by atoms with Crippen LogP contribution in [0, 0.1) is 11.2 Å². The predicted molar refractivity (Wildman–Crippen MR) is 107 cm³/mol. The first-order chi connectivity index (χ1) is 14.0. The second kappa shape index (κ2) is 7.99. The molecule has 0 radical (unpaired) electrons. The average Bonchev–Trinajstić information content (AvgIpc) is 2.71. The number of benzene rings is 1. The molecule has 154 valence electrons. The van der Waals surface area contributed by atoms with Gasteiger partial charge in [-0.05, 0) is 43.0 Å². The number of halogens is 1. The van der Waals surface area contributed by atoms with E-state index in [0.29, 0.717) is 51.1 Å². The van der Waals surface area contributed by atoms with Crippen LogP contribution in [0.25, 0.3) is 0 Å². The Morgan fingerprint density at radius 1 is 1.31 bits per heavy atom. The normalized spacial score (nSPS) is 19.0. The fraction of sp³-hybridized carbons (Fsp3) is 0.455. The van der Waals surface area contributed by atoms with Crippen molar-refractivity contribution >= 4 is 11.6 Å². The largest absolute Gasteiger partial charge is 0.497 e. The highest BCUT2D eigenvalue weighted by atomic mass is 19.1. The third kappa shape index (κ3) is 3.92. The molecule has 2 fully saturated rings. The van der Waals surface area contributed by atoms with E-state index in [0.717, 1.165) is 11.3 Å². The molecule has 1 amide bonds. The van der Waals surface area contributed by atoms with Crippen LogP contribution in [0.1, 0.15) is 18.4 Å². The van der Waals surface area contributed by atoms with E-state index in [9.17, 15) is 14.3 Å². The number of carbonyl (C=O) groups is 1. The van der Waals surface area contributed by atoms with Crippen molar-refractivity contribution in [2.75, 3.05) is 38.2 Å². The number of nitrogens with zero attached hydrogens (tertiary/aromatic N) is 3. The van der Waals surface area contributed by atoms with Gasteiger partial charge in [0.15, 0.2) is 5.82 Å². The Hall–Kier alpha value is -2.67. The minimum absolute atomic E-state index is 0.0814. The Balaban J connectivity index is 1.58. The molecule has 29 heavy (non-hydrogen) atoms. The summed E-state index contributed by atoms with van der Waals surface area (Å²) in [7, 11) is 1.62. The lowest BCUT2D eigenvalue weighted by atomic mass is 9.72. The molecule has 1 aromatic carbocycles. The molecule has 0 spiro atoms. The van der Waals surface area contributed by atoms with Crippen LogP contribution < -0.4 is 9.64 Å². The van der Waals surface area contributed by atoms with E-state index in [2.05, 4.69) is 4.98 Å². The lowest BCUT2D eigenvalue weighted by Gasteiger charge is -2.52. The van der Waals surface area contributed by atoms with Crippen LogP contribution in [0.4, 0.5) is 10.1 Å². The number of hydrogen-bond acceptors (Lipinski definition) is 5. The summed E-state index contributed by atoms with van der Waals surface area (Å²) in [6, 6.07) is 9.39. The molecule has 7 heteroatoms. The van der Waals surface area contributed by atoms with E-state index in [1.807, 2.05) is 34.1 Å². The van der Waals surface area contributed by atoms with E-state index in [-0.39, 0.29) is 17.8 Å². The van der Waals surface area contributed by atoms with Crippen LogP contribution in [0.15, 0.2) is 42.7 Å². The topological polar surface area (TPSA) is 65.9 Å². The van der Waals surface area contributed by atoms with Gasteiger partial charge in [-0.15, -0.1) is 0 Å². The molecule has 4 rings (SSSR count). The number of ether oxygens (including phenoxy) is 1. The van der Waals surface area contributed by atoms with Crippen molar-refractivity contribution in [1.82, 2.24) is 9.88 Å². The fourth-order valence-corrected chi connectivity index (χ4v) is 4.38. The zero-order valence-corrected chi connectivity index (χ0v) is 16.6. The maximum absolute atomic E-state index is 14.2. The summed E-state index contributed by atoms with van der Waals surface area (Å²) in [5.41, 5.74) is 0.873. The van der Waals surface area contributed by atoms with Crippen molar-refractivity contribution in [2.45, 2.75) is 25.4 Å². The number of piperidine rings is 1. The molecular weight excluding hydrogens is 373 g/mol. The molecule has 3 heterocycles. The number of aliphatic hydroxyl groups is 1. The molecule has 2 aliphatic rings. The number of aliphatic hydroxyl groups excluding tert-OH is 1. The Morgan fingerprint density at radius 2 is 2.07 bits per heavy atom. The zero-order chi connectivity index (χ0) is 20.4. The summed E-state index contributed by atoms with van der Waals surface area (Å²) < 4.78 is 19.5. The molecule has 2 saturated heterocycles. The number of amides is 1. The van der Waals surface area contributed by atoms with Gasteiger partial charge in [0, 0.05) is 32.4 Å². The van der Waals surface area contributed by atoms with E-state index in [4.69, 9.17) is 4.74 Å². The number of likely N-dealkylation sites (tertiary alicyclic amines) is 1. The van der Waals surface area contributed by atoms with Crippen molar-refractivity contribution < 1.29 is 19.0 Å². The van der Waals surface area contributed by atoms with Crippen LogP contribution in [0.2, 0.25) is 0 Å². The summed E-state index contributed by atoms with van der Waals surface area (Å²) in [5, 5.41) is 9.79. The molecule has 0 unspecified atom stereocenters. The number of anilines is 1. The molecule has 1 aromatic heterocycles. The Kier molecular flexibility index (Phi) is 5.41. The number of hydrogen-bond donors (Lipinski definition) is 1. The highest BCUT2D eigenvalue weighted by Crippen LogP contribution is 2.40. The molecule has 0 saturated carbocycles. The fourth-order valence-electron chi connectivity index (χ4n) is 4.38. The third-order valence-corrected chi connectivity index (χ3v) is 5.96. The van der Waals surface area contributed by atoms with Crippen molar-refractivity contribution in [3.63, 3.8) is 0 Å². The van der Waals surface area contributed by atoms with Crippen molar-refractivity contribution in [1.29, 1.82) is 0 Å². The first-order valence-corrected chi connectivity index (χ1v) is 9.95. The molecule has 2 aliphatic heterocycles. The van der Waals surface area contributed by atoms with Crippen LogP contribution in [-0.4, -0.2) is 60.3 Å². The van der Waals surface area contributed by atoms with E-state index in [1.165, 1.54) is 6.20 Å². The molecule has 2 aromatic rings. The summed E-state index contributed by atoms with van der Waals surface area (Å²) in [6.45, 7) is 2.01. The van der Waals surface area contributed by atoms with Gasteiger partial charge >= 0.3 is 0 Å². The standard InChI is InChI=1S/C22H26FN3O3/c1-29-18-4-2-3-16(11-18)12-22(21(28)25-9-6-17(27)7-10-25)14-26(15-22)20-5-8-24-13-19(20)23/h2-5,8,11,13,17,27H,6-7,9-10,12,14-15H2,1H3. The summed E-state index contributed by atoms with van der Waals surface area (Å²) in [4.78, 5) is 21.1. The highest BCUT2D eigenvalue weighted by molar-refractivity contribution is 5.87. The van der Waals surface area contributed by atoms with Gasteiger partial charge < -0.3 is 19.6 Å². The number of carbonyl (C=O) groups excluding carboxylic acids is 1. The first kappa shape index (κ1) is 19.6. The van der Waals surface area contributed by atoms with Crippen LogP contribution in [-0.2, 0) is 11.2 Å². The number of pyridine rings is 1. The van der Waals surface area contributed by atoms with E-state index in [1.54, 1.807) is 19.4 Å². The molecule has 1 N–H and O–H groups in total. The monoisotopic (exact) mass is 399 g/mol. The maximum atomic E-state index is 14.2. The number of aromatic nitrogens is 1. The summed E-state index contributed by atoms with van der Waals surface area (Å²) in [6.07, 6.45) is 4.19. The maximum Gasteiger partial charge on any atom is 0.232 e. The SMILES string of the molecule is COc1cccc(CC2(C(=O)N3CCC(O)CC3)CN(c3ccncc3F)C2)c1. The predicted octanol–water partition coefficient (Wildman–Crippen LogP) is 2.26. The number of rotatable bonds is 5. The van der Waals surface area contributed by atoms with Crippen molar-refractivity contribution in [3.05, 3.63) is 54.1 Å². The smallest absolute Gasteiger partial charge is 0.232 e. The molecule has 0 bridgehead atoms. The molecular formula is C22H26FN3O3. The van der Waals surface area contributed by atoms with Crippen molar-refractivity contribution in [3.8, 4) is 5.75 Å². The number of methoxy groups -OCH3 is 1. The Bertz CT molecular complexity index is 877. The first-order valence-electron chi connectivity index (χ1n) is 9.95. The second-order valence-corrected chi connectivity index (χ2v) is 8.02. The van der Waals surface area contributed by atoms with Gasteiger partial charge in [-0.2, -0.15) is 0 Å². The quantitative estimate of drug-likeness (QED) is 0.836. The lowest BCUT2D eigenvalue weighted by molar-refractivity contribution is -0.146. The van der Waals surface area contributed by atoms with Gasteiger partial charge in [-0.1, -0.05) is 12.1 Å². The van der Waals surface area contributed by atoms with Crippen LogP contribution in [0.5, 0.6) is 5.75 Å². The minimum Gasteiger partial charge on any atom is -0.497 e. The summed E-state index contributed by atoms with van der Waals surface area (Å²) in [5.74, 6) is 0.455. The van der Waals surface area contributed by atoms with E-state index >= 15 is 0 Å². The molecule has 0 atom stereocenters. The molecule has 0 aliphatic carbocycles. The third-order valence-electron chi connectivity index (χ3n) is 5.96. The van der Waals surface area contributed by atoms with Crippen molar-refractivity contribution in [2.24, 2.45) is 5.41 Å². The van der Waals surface area contributed by atoms with Gasteiger partial charge in [-0.3, -0.25) is 9.78 Å². The highest BCUT2D eigenvalue weighted by Gasteiger charge is 2.51. The Labute approximate surface area is 169 Å².